The zero-order valence-electron chi connectivity index (χ0n) is 16.5. The van der Waals surface area contributed by atoms with Crippen LogP contribution in [0.15, 0.2) is 59.8 Å². The molecular formula is C24H19N3O4. The number of benzene rings is 2. The van der Waals surface area contributed by atoms with Crippen LogP contribution in [-0.2, 0) is 14.4 Å². The number of rotatable bonds is 4. The molecule has 7 nitrogen and oxygen atoms in total. The minimum Gasteiger partial charge on any atom is -0.479 e. The summed E-state index contributed by atoms with van der Waals surface area (Å²) < 4.78 is 5.33. The number of carbonyl (C=O) groups is 2. The number of ether oxygens (including phenoxy) is 1. The minimum atomic E-state index is -0.324. The Morgan fingerprint density at radius 1 is 1.00 bits per heavy atom. The molecule has 7 heteroatoms. The van der Waals surface area contributed by atoms with E-state index >= 15 is 0 Å². The largest absolute Gasteiger partial charge is 0.479 e. The molecule has 4 aliphatic rings. The Bertz CT molecular complexity index is 1140. The van der Waals surface area contributed by atoms with Crippen molar-refractivity contribution in [3.8, 4) is 11.8 Å². The highest BCUT2D eigenvalue weighted by Crippen LogP contribution is 2.62. The third-order valence-electron chi connectivity index (χ3n) is 7.16. The van der Waals surface area contributed by atoms with Crippen molar-refractivity contribution < 1.29 is 19.2 Å². The molecule has 0 aromatic heterocycles. The normalized spacial score (nSPS) is 32.4. The van der Waals surface area contributed by atoms with Crippen molar-refractivity contribution in [2.45, 2.75) is 12.5 Å². The predicted octanol–water partition coefficient (Wildman–Crippen LogP) is 2.76. The van der Waals surface area contributed by atoms with Gasteiger partial charge in [0.1, 0.15) is 17.9 Å². The highest BCUT2D eigenvalue weighted by Gasteiger charge is 2.70. The first-order chi connectivity index (χ1) is 15.2. The molecule has 6 rings (SSSR count). The van der Waals surface area contributed by atoms with E-state index < -0.39 is 0 Å². The molecule has 2 aromatic rings. The number of oxime groups is 1. The number of para-hydroxylation sites is 1. The lowest BCUT2D eigenvalue weighted by molar-refractivity contribution is -0.125. The van der Waals surface area contributed by atoms with Gasteiger partial charge in [-0.15, -0.1) is 0 Å². The number of hydrogen-bond donors (Lipinski definition) is 0. The van der Waals surface area contributed by atoms with E-state index in [1.54, 1.807) is 24.3 Å². The Morgan fingerprint density at radius 2 is 1.71 bits per heavy atom. The standard InChI is InChI=1S/C24H19N3O4/c25-10-11-30-15-8-6-13(7-9-15)21-20-16-12-17(22(20)31-26-21)19-18(16)23(28)27(24(19)29)14-4-2-1-3-5-14/h1-9,16-20,22H,11-12H2/t16-,17+,18-,19+,20+,22-/m1/s1. The van der Waals surface area contributed by atoms with Crippen LogP contribution in [0.1, 0.15) is 12.0 Å². The highest BCUT2D eigenvalue weighted by atomic mass is 16.6. The number of hydrogen-bond acceptors (Lipinski definition) is 6. The number of carbonyl (C=O) groups excluding carboxylic acids is 2. The molecule has 3 fully saturated rings. The van der Waals surface area contributed by atoms with Crippen LogP contribution in [0.2, 0.25) is 0 Å². The zero-order chi connectivity index (χ0) is 21.1. The van der Waals surface area contributed by atoms with E-state index in [1.807, 2.05) is 36.4 Å². The number of amides is 2. The van der Waals surface area contributed by atoms with Gasteiger partial charge in [0.15, 0.2) is 6.61 Å². The fourth-order valence-electron chi connectivity index (χ4n) is 6.03. The van der Waals surface area contributed by atoms with Crippen LogP contribution in [-0.4, -0.2) is 30.2 Å². The summed E-state index contributed by atoms with van der Waals surface area (Å²) >= 11 is 0. The van der Waals surface area contributed by atoms with Crippen molar-refractivity contribution in [3.05, 3.63) is 60.2 Å². The smallest absolute Gasteiger partial charge is 0.238 e. The molecule has 0 spiro atoms. The first kappa shape index (κ1) is 18.1. The lowest BCUT2D eigenvalue weighted by Crippen LogP contribution is -2.41. The van der Waals surface area contributed by atoms with Gasteiger partial charge in [0, 0.05) is 17.4 Å². The van der Waals surface area contributed by atoms with Crippen LogP contribution in [0.3, 0.4) is 0 Å². The Labute approximate surface area is 178 Å². The second-order valence-corrected chi connectivity index (χ2v) is 8.51. The van der Waals surface area contributed by atoms with E-state index in [2.05, 4.69) is 5.16 Å². The Balaban J connectivity index is 1.29. The summed E-state index contributed by atoms with van der Waals surface area (Å²) in [6.45, 7) is -0.00498. The monoisotopic (exact) mass is 413 g/mol. The van der Waals surface area contributed by atoms with Crippen molar-refractivity contribution >= 4 is 23.2 Å². The van der Waals surface area contributed by atoms with E-state index in [-0.39, 0.29) is 54.1 Å². The molecule has 2 amide bonds. The number of nitrogens with zero attached hydrogens (tertiary/aromatic N) is 3. The second-order valence-electron chi connectivity index (χ2n) is 8.51. The van der Waals surface area contributed by atoms with Crippen LogP contribution < -0.4 is 9.64 Å². The van der Waals surface area contributed by atoms with Crippen LogP contribution in [0.5, 0.6) is 5.75 Å². The van der Waals surface area contributed by atoms with E-state index in [0.717, 1.165) is 17.7 Å². The molecule has 0 unspecified atom stereocenters. The molecule has 2 heterocycles. The van der Waals surface area contributed by atoms with Crippen molar-refractivity contribution in [2.24, 2.45) is 34.7 Å². The number of imide groups is 1. The summed E-state index contributed by atoms with van der Waals surface area (Å²) in [6, 6.07) is 18.5. The molecule has 154 valence electrons. The number of anilines is 1. The third-order valence-corrected chi connectivity index (χ3v) is 7.16. The Kier molecular flexibility index (Phi) is 3.90. The molecule has 2 aliphatic heterocycles. The van der Waals surface area contributed by atoms with E-state index in [4.69, 9.17) is 14.8 Å². The molecule has 2 saturated carbocycles. The summed E-state index contributed by atoms with van der Waals surface area (Å²) in [4.78, 5) is 33.8. The van der Waals surface area contributed by atoms with Crippen molar-refractivity contribution in [3.63, 3.8) is 0 Å². The van der Waals surface area contributed by atoms with Crippen molar-refractivity contribution in [1.29, 1.82) is 5.26 Å². The zero-order valence-corrected chi connectivity index (χ0v) is 16.5. The lowest BCUT2D eigenvalue weighted by Gasteiger charge is -2.29. The average molecular weight is 413 g/mol. The van der Waals surface area contributed by atoms with Crippen LogP contribution in [0.25, 0.3) is 0 Å². The van der Waals surface area contributed by atoms with Crippen molar-refractivity contribution in [1.82, 2.24) is 0 Å². The van der Waals surface area contributed by atoms with Crippen molar-refractivity contribution in [2.75, 3.05) is 11.5 Å². The van der Waals surface area contributed by atoms with Gasteiger partial charge < -0.3 is 9.57 Å². The topological polar surface area (TPSA) is 92.0 Å². The minimum absolute atomic E-state index is 0.00426. The fourth-order valence-corrected chi connectivity index (χ4v) is 6.03. The maximum Gasteiger partial charge on any atom is 0.238 e. The quantitative estimate of drug-likeness (QED) is 0.719. The van der Waals surface area contributed by atoms with Gasteiger partial charge in [0.25, 0.3) is 0 Å². The molecule has 0 radical (unpaired) electrons. The Morgan fingerprint density at radius 3 is 2.42 bits per heavy atom. The van der Waals surface area contributed by atoms with Gasteiger partial charge in [-0.3, -0.25) is 14.5 Å². The van der Waals surface area contributed by atoms with E-state index in [9.17, 15) is 9.59 Å². The first-order valence-corrected chi connectivity index (χ1v) is 10.5. The maximum atomic E-state index is 13.3. The molecule has 1 saturated heterocycles. The third kappa shape index (κ3) is 2.48. The van der Waals surface area contributed by atoms with Crippen LogP contribution in [0, 0.1) is 40.9 Å². The molecule has 6 atom stereocenters. The molecule has 2 aromatic carbocycles. The number of fused-ring (bicyclic) bond motifs is 8. The van der Waals surface area contributed by atoms with E-state index in [1.165, 1.54) is 4.90 Å². The molecule has 0 N–H and O–H groups in total. The van der Waals surface area contributed by atoms with Gasteiger partial charge >= 0.3 is 0 Å². The average Bonchev–Trinajstić information content (AvgIpc) is 3.53. The lowest BCUT2D eigenvalue weighted by atomic mass is 9.71. The molecular weight excluding hydrogens is 394 g/mol. The summed E-state index contributed by atoms with van der Waals surface area (Å²) in [5, 5.41) is 13.0. The van der Waals surface area contributed by atoms with E-state index in [0.29, 0.717) is 11.4 Å². The second kappa shape index (κ2) is 6.67. The van der Waals surface area contributed by atoms with Gasteiger partial charge in [-0.05, 0) is 48.7 Å². The van der Waals surface area contributed by atoms with Gasteiger partial charge in [-0.25, -0.2) is 0 Å². The van der Waals surface area contributed by atoms with Gasteiger partial charge in [0.2, 0.25) is 11.8 Å². The summed E-state index contributed by atoms with van der Waals surface area (Å²) in [6.07, 6.45) is 0.649. The SMILES string of the molecule is N#CCOc1ccc(C2=NO[C@@H]3[C@H]4C[C@@H]([C@@H]23)[C@H]2C(=O)N(c3ccccc3)C(=O)[C@@H]42)cc1. The summed E-state index contributed by atoms with van der Waals surface area (Å²) in [5.41, 5.74) is 2.39. The van der Waals surface area contributed by atoms with Gasteiger partial charge in [-0.1, -0.05) is 23.4 Å². The maximum absolute atomic E-state index is 13.3. The highest BCUT2D eigenvalue weighted by molar-refractivity contribution is 6.23. The molecule has 2 bridgehead atoms. The van der Waals surface area contributed by atoms with Crippen LogP contribution in [0.4, 0.5) is 5.69 Å². The Hall–Kier alpha value is -3.66. The summed E-state index contributed by atoms with van der Waals surface area (Å²) in [5.74, 6) is -0.180. The molecule has 31 heavy (non-hydrogen) atoms. The fraction of sp³-hybridized carbons (Fsp3) is 0.333. The first-order valence-electron chi connectivity index (χ1n) is 10.5. The predicted molar refractivity (Wildman–Crippen MR) is 110 cm³/mol. The molecule has 2 aliphatic carbocycles. The summed E-state index contributed by atoms with van der Waals surface area (Å²) in [7, 11) is 0. The number of nitriles is 1. The van der Waals surface area contributed by atoms with Gasteiger partial charge in [-0.2, -0.15) is 5.26 Å². The van der Waals surface area contributed by atoms with Crippen LogP contribution >= 0.6 is 0 Å². The van der Waals surface area contributed by atoms with Gasteiger partial charge in [0.05, 0.1) is 23.2 Å².